The number of para-hydroxylation sites is 1. The highest BCUT2D eigenvalue weighted by molar-refractivity contribution is 7.89. The third kappa shape index (κ3) is 4.81. The van der Waals surface area contributed by atoms with Gasteiger partial charge in [-0.2, -0.15) is 0 Å². The molecule has 3 aromatic rings. The van der Waals surface area contributed by atoms with E-state index in [1.54, 1.807) is 30.2 Å². The van der Waals surface area contributed by atoms with Crippen LogP contribution in [0.5, 0.6) is 5.75 Å². The number of carbonyl (C=O) groups is 1. The topological polar surface area (TPSA) is 88.9 Å². The lowest BCUT2D eigenvalue weighted by Gasteiger charge is -2.15. The van der Waals surface area contributed by atoms with E-state index in [4.69, 9.17) is 9.15 Å². The SMILES string of the molecule is CCc1oc2ccccc2c1CN(C)C(=O)/C=C/c1ccc(OC)c(S(=O)(=O)NC)c1. The Bertz CT molecular complexity index is 1230. The van der Waals surface area contributed by atoms with Gasteiger partial charge in [-0.05, 0) is 36.9 Å². The summed E-state index contributed by atoms with van der Waals surface area (Å²) in [5, 5.41) is 1.00. The molecule has 3 rings (SSSR count). The number of hydrogen-bond donors (Lipinski definition) is 1. The summed E-state index contributed by atoms with van der Waals surface area (Å²) >= 11 is 0. The Morgan fingerprint density at radius 1 is 1.23 bits per heavy atom. The molecule has 0 unspecified atom stereocenters. The van der Waals surface area contributed by atoms with Crippen LogP contribution < -0.4 is 9.46 Å². The first-order valence-electron chi connectivity index (χ1n) is 9.84. The van der Waals surface area contributed by atoms with E-state index in [0.717, 1.165) is 28.7 Å². The molecule has 0 radical (unpaired) electrons. The van der Waals surface area contributed by atoms with Gasteiger partial charge in [-0.15, -0.1) is 0 Å². The van der Waals surface area contributed by atoms with E-state index in [1.807, 2.05) is 31.2 Å². The van der Waals surface area contributed by atoms with Crippen molar-refractivity contribution in [2.75, 3.05) is 21.2 Å². The normalized spacial score (nSPS) is 11.9. The maximum atomic E-state index is 12.7. The number of nitrogens with one attached hydrogen (secondary N) is 1. The van der Waals surface area contributed by atoms with E-state index in [-0.39, 0.29) is 16.6 Å². The van der Waals surface area contributed by atoms with Crippen LogP contribution >= 0.6 is 0 Å². The largest absolute Gasteiger partial charge is 0.495 e. The van der Waals surface area contributed by atoms with Crippen LogP contribution in [0, 0.1) is 0 Å². The van der Waals surface area contributed by atoms with E-state index < -0.39 is 10.0 Å². The molecule has 0 atom stereocenters. The van der Waals surface area contributed by atoms with E-state index in [0.29, 0.717) is 12.1 Å². The van der Waals surface area contributed by atoms with E-state index in [1.165, 1.54) is 26.3 Å². The molecule has 1 amide bonds. The molecule has 0 aliphatic rings. The van der Waals surface area contributed by atoms with Crippen LogP contribution in [0.3, 0.4) is 0 Å². The molecule has 0 saturated heterocycles. The molecular weight excluding hydrogens is 416 g/mol. The number of likely N-dealkylation sites (N-methyl/N-ethyl adjacent to an activating group) is 1. The van der Waals surface area contributed by atoms with Gasteiger partial charge < -0.3 is 14.1 Å². The van der Waals surface area contributed by atoms with E-state index in [2.05, 4.69) is 4.72 Å². The average Bonchev–Trinajstić information content (AvgIpc) is 3.14. The summed E-state index contributed by atoms with van der Waals surface area (Å²) in [5.41, 5.74) is 2.37. The summed E-state index contributed by atoms with van der Waals surface area (Å²) in [6.45, 7) is 2.43. The number of ether oxygens (including phenoxy) is 1. The van der Waals surface area contributed by atoms with Gasteiger partial charge >= 0.3 is 0 Å². The molecule has 31 heavy (non-hydrogen) atoms. The molecule has 1 aromatic heterocycles. The maximum Gasteiger partial charge on any atom is 0.246 e. The van der Waals surface area contributed by atoms with Crippen molar-refractivity contribution in [3.8, 4) is 5.75 Å². The lowest BCUT2D eigenvalue weighted by Crippen LogP contribution is -2.24. The molecule has 0 aliphatic heterocycles. The van der Waals surface area contributed by atoms with Crippen molar-refractivity contribution < 1.29 is 22.4 Å². The molecule has 8 heteroatoms. The summed E-state index contributed by atoms with van der Waals surface area (Å²) in [6.07, 6.45) is 3.74. The second-order valence-electron chi connectivity index (χ2n) is 7.00. The van der Waals surface area contributed by atoms with E-state index in [9.17, 15) is 13.2 Å². The number of nitrogens with zero attached hydrogens (tertiary/aromatic N) is 1. The fourth-order valence-electron chi connectivity index (χ4n) is 3.34. The first-order valence-corrected chi connectivity index (χ1v) is 11.3. The Morgan fingerprint density at radius 2 is 1.97 bits per heavy atom. The van der Waals surface area contributed by atoms with Gasteiger partial charge in [-0.1, -0.05) is 31.2 Å². The molecular formula is C23H26N2O5S. The average molecular weight is 443 g/mol. The van der Waals surface area contributed by atoms with Crippen LogP contribution in [0.15, 0.2) is 57.9 Å². The molecule has 0 aliphatic carbocycles. The number of rotatable bonds is 8. The van der Waals surface area contributed by atoms with Crippen molar-refractivity contribution >= 4 is 33.0 Å². The first-order chi connectivity index (χ1) is 14.8. The minimum absolute atomic E-state index is 0.0120. The molecule has 0 saturated carbocycles. The number of aryl methyl sites for hydroxylation is 1. The van der Waals surface area contributed by atoms with Gasteiger partial charge in [0.1, 0.15) is 22.0 Å². The predicted octanol–water partition coefficient (Wildman–Crippen LogP) is 3.58. The maximum absolute atomic E-state index is 12.7. The number of sulfonamides is 1. The van der Waals surface area contributed by atoms with Gasteiger partial charge in [0.15, 0.2) is 0 Å². The molecule has 2 aromatic carbocycles. The molecule has 0 bridgehead atoms. The van der Waals surface area contributed by atoms with Crippen LogP contribution in [0.1, 0.15) is 23.8 Å². The fourth-order valence-corrected chi connectivity index (χ4v) is 4.26. The molecule has 0 fully saturated rings. The number of methoxy groups -OCH3 is 1. The fraction of sp³-hybridized carbons (Fsp3) is 0.261. The van der Waals surface area contributed by atoms with Crippen LogP contribution in [0.4, 0.5) is 0 Å². The Labute approximate surface area is 182 Å². The van der Waals surface area contributed by atoms with Gasteiger partial charge in [0.05, 0.1) is 7.11 Å². The molecule has 164 valence electrons. The second-order valence-corrected chi connectivity index (χ2v) is 8.85. The number of amides is 1. The van der Waals surface area contributed by atoms with Crippen molar-refractivity contribution in [1.82, 2.24) is 9.62 Å². The third-order valence-electron chi connectivity index (χ3n) is 5.04. The standard InChI is InChI=1S/C23H26N2O5S/c1-5-19-18(17-8-6-7-9-20(17)30-19)15-25(3)23(26)13-11-16-10-12-21(29-4)22(14-16)31(27,28)24-2/h6-14,24H,5,15H2,1-4H3/b13-11+. The number of furan rings is 1. The van der Waals surface area contributed by atoms with Gasteiger partial charge in [0, 0.05) is 37.0 Å². The second kappa shape index (κ2) is 9.36. The zero-order chi connectivity index (χ0) is 22.6. The van der Waals surface area contributed by atoms with Gasteiger partial charge in [0.2, 0.25) is 15.9 Å². The minimum Gasteiger partial charge on any atom is -0.495 e. The van der Waals surface area contributed by atoms with Gasteiger partial charge in [-0.25, -0.2) is 13.1 Å². The zero-order valence-corrected chi connectivity index (χ0v) is 18.8. The Balaban J connectivity index is 1.81. The molecule has 1 N–H and O–H groups in total. The predicted molar refractivity (Wildman–Crippen MR) is 120 cm³/mol. The molecule has 0 spiro atoms. The van der Waals surface area contributed by atoms with Crippen molar-refractivity contribution in [1.29, 1.82) is 0 Å². The number of hydrogen-bond acceptors (Lipinski definition) is 5. The third-order valence-corrected chi connectivity index (χ3v) is 6.47. The minimum atomic E-state index is -3.70. The van der Waals surface area contributed by atoms with Crippen LogP contribution in [0.25, 0.3) is 17.0 Å². The van der Waals surface area contributed by atoms with Crippen LogP contribution in [-0.4, -0.2) is 40.4 Å². The van der Waals surface area contributed by atoms with Gasteiger partial charge in [-0.3, -0.25) is 4.79 Å². The molecule has 7 nitrogen and oxygen atoms in total. The zero-order valence-electron chi connectivity index (χ0n) is 18.0. The summed E-state index contributed by atoms with van der Waals surface area (Å²) in [5.74, 6) is 0.886. The van der Waals surface area contributed by atoms with Crippen LogP contribution in [-0.2, 0) is 27.8 Å². The number of benzene rings is 2. The highest BCUT2D eigenvalue weighted by atomic mass is 32.2. The smallest absolute Gasteiger partial charge is 0.246 e. The van der Waals surface area contributed by atoms with Crippen molar-refractivity contribution in [3.05, 3.63) is 65.4 Å². The van der Waals surface area contributed by atoms with Crippen molar-refractivity contribution in [2.24, 2.45) is 0 Å². The van der Waals surface area contributed by atoms with Crippen molar-refractivity contribution in [2.45, 2.75) is 24.8 Å². The summed E-state index contributed by atoms with van der Waals surface area (Å²) < 4.78 is 37.8. The summed E-state index contributed by atoms with van der Waals surface area (Å²) in [6, 6.07) is 12.5. The highest BCUT2D eigenvalue weighted by Crippen LogP contribution is 2.28. The summed E-state index contributed by atoms with van der Waals surface area (Å²) in [4.78, 5) is 14.3. The Kier molecular flexibility index (Phi) is 6.82. The monoisotopic (exact) mass is 442 g/mol. The number of fused-ring (bicyclic) bond motifs is 1. The first kappa shape index (κ1) is 22.6. The van der Waals surface area contributed by atoms with E-state index >= 15 is 0 Å². The lowest BCUT2D eigenvalue weighted by molar-refractivity contribution is -0.125. The highest BCUT2D eigenvalue weighted by Gasteiger charge is 2.18. The molecule has 1 heterocycles. The Hall–Kier alpha value is -3.10. The van der Waals surface area contributed by atoms with Gasteiger partial charge in [0.25, 0.3) is 0 Å². The summed E-state index contributed by atoms with van der Waals surface area (Å²) in [7, 11) is 0.763. The quantitative estimate of drug-likeness (QED) is 0.539. The number of carbonyl (C=O) groups excluding carboxylic acids is 1. The lowest BCUT2D eigenvalue weighted by atomic mass is 10.1. The van der Waals surface area contributed by atoms with Crippen molar-refractivity contribution in [3.63, 3.8) is 0 Å². The Morgan fingerprint density at radius 3 is 2.65 bits per heavy atom. The van der Waals surface area contributed by atoms with Crippen LogP contribution in [0.2, 0.25) is 0 Å².